The summed E-state index contributed by atoms with van der Waals surface area (Å²) in [6.07, 6.45) is 3.35. The zero-order valence-electron chi connectivity index (χ0n) is 12.1. The van der Waals surface area contributed by atoms with Crippen LogP contribution >= 0.6 is 15.9 Å². The molecule has 1 aromatic carbocycles. The summed E-state index contributed by atoms with van der Waals surface area (Å²) >= 11 is 3.44. The van der Waals surface area contributed by atoms with Crippen LogP contribution in [0.3, 0.4) is 0 Å². The second-order valence-electron chi connectivity index (χ2n) is 5.07. The van der Waals surface area contributed by atoms with Gasteiger partial charge in [-0.3, -0.25) is 9.36 Å². The summed E-state index contributed by atoms with van der Waals surface area (Å²) < 4.78 is 1.77. The van der Waals surface area contributed by atoms with Gasteiger partial charge in [-0.05, 0) is 24.1 Å². The van der Waals surface area contributed by atoms with Crippen molar-refractivity contribution in [1.29, 1.82) is 0 Å². The van der Waals surface area contributed by atoms with Crippen molar-refractivity contribution in [1.82, 2.24) is 14.5 Å². The number of aromatic nitrogens is 3. The number of pyridine rings is 1. The maximum absolute atomic E-state index is 12.8. The monoisotopic (exact) mass is 357 g/mol. The van der Waals surface area contributed by atoms with Crippen LogP contribution in [0.1, 0.15) is 17.8 Å². The number of rotatable bonds is 5. The molecule has 3 aromatic rings. The predicted octanol–water partition coefficient (Wildman–Crippen LogP) is 3.17. The highest BCUT2D eigenvalue weighted by atomic mass is 79.9. The molecule has 0 radical (unpaired) electrons. The standard InChI is InChI=1S/C17H16BrN3O/c18-10-4-9-15-20-16-14(8-5-11-19-16)17(22)21(15)12-13-6-2-1-3-7-13/h1-3,5-8,11H,4,9-10,12H2. The summed E-state index contributed by atoms with van der Waals surface area (Å²) in [7, 11) is 0. The summed E-state index contributed by atoms with van der Waals surface area (Å²) in [5.41, 5.74) is 1.60. The van der Waals surface area contributed by atoms with Crippen LogP contribution in [0.15, 0.2) is 53.5 Å². The Labute approximate surface area is 137 Å². The lowest BCUT2D eigenvalue weighted by atomic mass is 10.2. The molecule has 2 heterocycles. The Morgan fingerprint density at radius 3 is 2.68 bits per heavy atom. The van der Waals surface area contributed by atoms with Gasteiger partial charge in [-0.2, -0.15) is 0 Å². The van der Waals surface area contributed by atoms with E-state index in [0.717, 1.165) is 29.6 Å². The molecule has 0 saturated heterocycles. The van der Waals surface area contributed by atoms with E-state index in [1.165, 1.54) is 0 Å². The van der Waals surface area contributed by atoms with Crippen LogP contribution in [0, 0.1) is 0 Å². The van der Waals surface area contributed by atoms with Crippen molar-refractivity contribution < 1.29 is 0 Å². The minimum atomic E-state index is -0.0217. The Morgan fingerprint density at radius 1 is 1.09 bits per heavy atom. The molecule has 0 atom stereocenters. The van der Waals surface area contributed by atoms with Crippen LogP contribution in [0.25, 0.3) is 11.0 Å². The first kappa shape index (κ1) is 14.9. The van der Waals surface area contributed by atoms with Gasteiger partial charge in [-0.25, -0.2) is 9.97 Å². The van der Waals surface area contributed by atoms with Crippen LogP contribution in [-0.4, -0.2) is 19.9 Å². The highest BCUT2D eigenvalue weighted by Crippen LogP contribution is 2.10. The number of fused-ring (bicyclic) bond motifs is 1. The molecule has 4 nitrogen and oxygen atoms in total. The zero-order valence-corrected chi connectivity index (χ0v) is 13.7. The largest absolute Gasteiger partial charge is 0.292 e. The average molecular weight is 358 g/mol. The smallest absolute Gasteiger partial charge is 0.263 e. The lowest BCUT2D eigenvalue weighted by Gasteiger charge is -2.13. The molecule has 0 spiro atoms. The van der Waals surface area contributed by atoms with E-state index in [2.05, 4.69) is 25.9 Å². The summed E-state index contributed by atoms with van der Waals surface area (Å²) in [4.78, 5) is 21.6. The van der Waals surface area contributed by atoms with Crippen LogP contribution in [0.4, 0.5) is 0 Å². The molecule has 0 aliphatic heterocycles. The molecular formula is C17H16BrN3O. The van der Waals surface area contributed by atoms with E-state index in [1.807, 2.05) is 30.3 Å². The third-order valence-corrected chi connectivity index (χ3v) is 4.09. The Kier molecular flexibility index (Phi) is 4.63. The molecule has 0 fully saturated rings. The van der Waals surface area contributed by atoms with Crippen LogP contribution in [0.5, 0.6) is 0 Å². The van der Waals surface area contributed by atoms with Gasteiger partial charge >= 0.3 is 0 Å². The van der Waals surface area contributed by atoms with Crippen molar-refractivity contribution in [2.45, 2.75) is 19.4 Å². The molecule has 2 aromatic heterocycles. The fourth-order valence-electron chi connectivity index (χ4n) is 2.44. The van der Waals surface area contributed by atoms with Crippen molar-refractivity contribution in [3.63, 3.8) is 0 Å². The second kappa shape index (κ2) is 6.83. The summed E-state index contributed by atoms with van der Waals surface area (Å²) in [5, 5.41) is 1.45. The number of benzene rings is 1. The van der Waals surface area contributed by atoms with E-state index in [4.69, 9.17) is 0 Å². The molecule has 0 amide bonds. The summed E-state index contributed by atoms with van der Waals surface area (Å²) in [6.45, 7) is 0.537. The van der Waals surface area contributed by atoms with Gasteiger partial charge in [0.25, 0.3) is 5.56 Å². The fraction of sp³-hybridized carbons (Fsp3) is 0.235. The SMILES string of the molecule is O=c1c2cccnc2nc(CCCBr)n1Cc1ccccc1. The van der Waals surface area contributed by atoms with Gasteiger partial charge in [0.05, 0.1) is 11.9 Å². The van der Waals surface area contributed by atoms with Crippen molar-refractivity contribution in [3.05, 3.63) is 70.4 Å². The van der Waals surface area contributed by atoms with Gasteiger partial charge in [-0.1, -0.05) is 46.3 Å². The van der Waals surface area contributed by atoms with E-state index in [-0.39, 0.29) is 5.56 Å². The Bertz CT molecular complexity index is 830. The number of hydrogen-bond donors (Lipinski definition) is 0. The first-order valence-corrected chi connectivity index (χ1v) is 8.36. The first-order valence-electron chi connectivity index (χ1n) is 7.24. The predicted molar refractivity (Wildman–Crippen MR) is 91.5 cm³/mol. The molecule has 0 bridgehead atoms. The highest BCUT2D eigenvalue weighted by molar-refractivity contribution is 9.09. The minimum absolute atomic E-state index is 0.0217. The van der Waals surface area contributed by atoms with E-state index >= 15 is 0 Å². The minimum Gasteiger partial charge on any atom is -0.292 e. The number of hydrogen-bond acceptors (Lipinski definition) is 3. The molecule has 22 heavy (non-hydrogen) atoms. The van der Waals surface area contributed by atoms with E-state index in [0.29, 0.717) is 17.6 Å². The van der Waals surface area contributed by atoms with Crippen molar-refractivity contribution in [2.24, 2.45) is 0 Å². The van der Waals surface area contributed by atoms with Crippen LogP contribution < -0.4 is 5.56 Å². The highest BCUT2D eigenvalue weighted by Gasteiger charge is 2.11. The normalized spacial score (nSPS) is 11.0. The Balaban J connectivity index is 2.12. The molecule has 0 aliphatic rings. The quantitative estimate of drug-likeness (QED) is 0.659. The number of alkyl halides is 1. The van der Waals surface area contributed by atoms with Gasteiger partial charge in [0, 0.05) is 17.9 Å². The maximum atomic E-state index is 12.8. The molecule has 0 N–H and O–H groups in total. The molecule has 0 saturated carbocycles. The molecule has 112 valence electrons. The molecule has 0 aliphatic carbocycles. The summed E-state index contributed by atoms with van der Waals surface area (Å²) in [5.74, 6) is 0.791. The molecule has 0 unspecified atom stereocenters. The van der Waals surface area contributed by atoms with E-state index < -0.39 is 0 Å². The molecular weight excluding hydrogens is 342 g/mol. The van der Waals surface area contributed by atoms with Gasteiger partial charge in [0.1, 0.15) is 5.82 Å². The Hall–Kier alpha value is -2.01. The third kappa shape index (κ3) is 3.09. The molecule has 5 heteroatoms. The van der Waals surface area contributed by atoms with Crippen molar-refractivity contribution >= 4 is 27.0 Å². The van der Waals surface area contributed by atoms with Gasteiger partial charge < -0.3 is 0 Å². The van der Waals surface area contributed by atoms with Crippen LogP contribution in [-0.2, 0) is 13.0 Å². The zero-order chi connectivity index (χ0) is 15.4. The van der Waals surface area contributed by atoms with Crippen molar-refractivity contribution in [3.8, 4) is 0 Å². The van der Waals surface area contributed by atoms with Gasteiger partial charge in [0.2, 0.25) is 0 Å². The topological polar surface area (TPSA) is 47.8 Å². The lowest BCUT2D eigenvalue weighted by Crippen LogP contribution is -2.26. The number of halogens is 1. The number of aryl methyl sites for hydroxylation is 1. The first-order chi connectivity index (χ1) is 10.8. The fourth-order valence-corrected chi connectivity index (χ4v) is 2.72. The average Bonchev–Trinajstić information content (AvgIpc) is 2.57. The molecule has 3 rings (SSSR count). The summed E-state index contributed by atoms with van der Waals surface area (Å²) in [6, 6.07) is 13.5. The number of nitrogens with zero attached hydrogens (tertiary/aromatic N) is 3. The van der Waals surface area contributed by atoms with Gasteiger partial charge in [0.15, 0.2) is 5.65 Å². The Morgan fingerprint density at radius 2 is 1.91 bits per heavy atom. The second-order valence-corrected chi connectivity index (χ2v) is 5.87. The van der Waals surface area contributed by atoms with Gasteiger partial charge in [-0.15, -0.1) is 0 Å². The van der Waals surface area contributed by atoms with Crippen molar-refractivity contribution in [2.75, 3.05) is 5.33 Å². The van der Waals surface area contributed by atoms with E-state index in [1.54, 1.807) is 22.9 Å². The van der Waals surface area contributed by atoms with Crippen LogP contribution in [0.2, 0.25) is 0 Å². The maximum Gasteiger partial charge on any atom is 0.263 e. The van der Waals surface area contributed by atoms with E-state index in [9.17, 15) is 4.79 Å². The third-order valence-electron chi connectivity index (χ3n) is 3.53. The lowest BCUT2D eigenvalue weighted by molar-refractivity contribution is 0.666.